The first kappa shape index (κ1) is 107. The van der Waals surface area contributed by atoms with Crippen LogP contribution in [-0.4, -0.2) is 250 Å². The Bertz CT molecular complexity index is 4350. The van der Waals surface area contributed by atoms with Crippen molar-refractivity contribution < 1.29 is 97.0 Å². The number of imidazole rings is 1. The lowest BCUT2D eigenvalue weighted by Crippen LogP contribution is -2.62. The van der Waals surface area contributed by atoms with Crippen LogP contribution in [0, 0.1) is 29.6 Å². The number of thioether (sulfide) groups is 1. The Morgan fingerprint density at radius 2 is 1.17 bits per heavy atom. The zero-order valence-corrected chi connectivity index (χ0v) is 74.9. The highest BCUT2D eigenvalue weighted by Crippen LogP contribution is 2.25. The van der Waals surface area contributed by atoms with E-state index in [-0.39, 0.29) is 113 Å². The molecule has 4 heterocycles. The predicted molar refractivity (Wildman–Crippen MR) is 474 cm³/mol. The number of rotatable bonds is 40. The summed E-state index contributed by atoms with van der Waals surface area (Å²) in [5.74, 6) is -17.1. The molecule has 24 N–H and O–H groups in total. The third kappa shape index (κ3) is 36.9. The number of hydrogen-bond donors (Lipinski definition) is 21. The van der Waals surface area contributed by atoms with Crippen LogP contribution in [-0.2, 0) is 91.2 Å². The number of aromatic nitrogens is 4. The van der Waals surface area contributed by atoms with E-state index in [9.17, 15) is 97.0 Å². The summed E-state index contributed by atoms with van der Waals surface area (Å²) in [5, 5.41) is 73.5. The van der Waals surface area contributed by atoms with Gasteiger partial charge in [0.25, 0.3) is 5.91 Å². The van der Waals surface area contributed by atoms with Gasteiger partial charge in [0.1, 0.15) is 78.2 Å². The maximum Gasteiger partial charge on any atom is 0.475 e. The van der Waals surface area contributed by atoms with Crippen molar-refractivity contribution in [1.29, 1.82) is 0 Å². The smallest absolute Gasteiger partial charge is 0.475 e. The molecule has 17 atom stereocenters. The Balaban J connectivity index is 0.000000873. The number of carbonyl (C=O) groups excluding carboxylic acids is 14. The van der Waals surface area contributed by atoms with Gasteiger partial charge in [0, 0.05) is 62.3 Å². The number of carboxylic acid groups (broad SMARTS) is 2. The quantitative estimate of drug-likeness (QED) is 0.0230. The van der Waals surface area contributed by atoms with Gasteiger partial charge in [0.05, 0.1) is 42.4 Å². The number of aliphatic imine (C=N–C) groups is 1. The molecule has 702 valence electrons. The van der Waals surface area contributed by atoms with Gasteiger partial charge in [-0.25, -0.2) is 9.97 Å². The lowest BCUT2D eigenvalue weighted by atomic mass is 9.75. The Hall–Kier alpha value is -11.8. The van der Waals surface area contributed by atoms with Crippen LogP contribution in [0.15, 0.2) is 96.8 Å². The van der Waals surface area contributed by atoms with Crippen LogP contribution in [0.25, 0.3) is 0 Å². The van der Waals surface area contributed by atoms with Crippen molar-refractivity contribution in [2.45, 2.75) is 263 Å². The summed E-state index contributed by atoms with van der Waals surface area (Å²) in [6.07, 6.45) is 5.15. The largest absolute Gasteiger partial charge is 0.481 e. The molecule has 128 heavy (non-hydrogen) atoms. The van der Waals surface area contributed by atoms with E-state index in [0.717, 1.165) is 12.0 Å². The third-order valence-electron chi connectivity index (χ3n) is 21.6. The second-order valence-corrected chi connectivity index (χ2v) is 34.0. The Morgan fingerprint density at radius 1 is 0.586 bits per heavy atom. The number of nitrogens with one attached hydrogen (secondary N) is 14. The second kappa shape index (κ2) is 55.0. The third-order valence-corrected chi connectivity index (χ3v) is 22.8. The molecular formula is C85H128BN21O20S. The fourth-order valence-electron chi connectivity index (χ4n) is 13.6. The van der Waals surface area contributed by atoms with E-state index in [1.807, 2.05) is 71.9 Å². The number of primary amides is 1. The van der Waals surface area contributed by atoms with E-state index in [1.54, 1.807) is 58.0 Å². The van der Waals surface area contributed by atoms with Crippen LogP contribution in [0.3, 0.4) is 0 Å². The highest BCUT2D eigenvalue weighted by atomic mass is 32.2. The van der Waals surface area contributed by atoms with E-state index in [4.69, 9.17) is 17.2 Å². The number of benzene rings is 2. The molecule has 41 nitrogen and oxygen atoms in total. The summed E-state index contributed by atoms with van der Waals surface area (Å²) in [6, 6.07) is -0.0159. The minimum atomic E-state index is -1.94. The standard InChI is InChI=1S/C66H103N17O16S.C19H25BN4O4/c1-9-35(6)52(69)66-81-48(32-100-66)63(97)76-43(26-34(4)5)59(93)74-42(22-23-50(85)86)58(92)83-53(36(7)10-2)64(98)75-40-20-15-16-25-71-55(89)46(29-49(68)84)78-62(96)47(30-51(87)88)79-61(95)45(28-39-31-70-33-72-39)77-60(94)44(27-38-18-13-12-14-19-38)80-65(99)54(37(8)11-3)82-57(91)41(21-17-24-67)73-56(40)90;1-13(2)10-17(20(27)28)24-18(25)15(11-14-6-4-3-5-7-14)23-19(26)16-12-21-8-9-22-16/h12-14,18-19,31,33-37,40-48,52-54H,9-11,15-17,20-30,32,67,69H2,1-8H3,(H2,68,84)(H,70,72)(H,71,89)(H,73,90)(H,74,93)(H,75,98)(H,76,97)(H,77,94)(H,78,96)(H,79,95)(H,80,99)(H,82,91)(H,83,92)(H,85,86)(H,87,88);3-9,12-13,15,17,27-28H,10-11H2,1-2H3,(H,23,26)(H,24,25)/t35-,36-,37-,40-,41+,42+,43-,44+,45-,46-,47+,48-,52-,53-,54-;15-,17-/m00/s1. The molecule has 1 saturated heterocycles. The molecule has 0 aliphatic carbocycles. The lowest BCUT2D eigenvalue weighted by Gasteiger charge is -2.30. The van der Waals surface area contributed by atoms with Gasteiger partial charge in [-0.1, -0.05) is 149 Å². The zero-order chi connectivity index (χ0) is 94.9. The minimum absolute atomic E-state index is 0.00117. The molecule has 0 saturated carbocycles. The van der Waals surface area contributed by atoms with Crippen LogP contribution < -0.4 is 86.3 Å². The molecule has 0 radical (unpaired) electrons. The van der Waals surface area contributed by atoms with Crippen LogP contribution in [0.1, 0.15) is 186 Å². The summed E-state index contributed by atoms with van der Waals surface area (Å²) in [4.78, 5) is 240. The normalized spacial score (nSPS) is 20.9. The number of aromatic amines is 1. The molecule has 2 aliphatic rings. The van der Waals surface area contributed by atoms with Gasteiger partial charge in [0.2, 0.25) is 76.8 Å². The van der Waals surface area contributed by atoms with Crippen molar-refractivity contribution in [3.8, 4) is 0 Å². The zero-order valence-electron chi connectivity index (χ0n) is 74.1. The summed E-state index contributed by atoms with van der Waals surface area (Å²) >= 11 is 1.35. The van der Waals surface area contributed by atoms with Crippen molar-refractivity contribution in [1.82, 2.24) is 89.1 Å². The summed E-state index contributed by atoms with van der Waals surface area (Å²) < 4.78 is 0. The number of hydrogen-bond acceptors (Lipinski definition) is 25. The number of nitrogens with two attached hydrogens (primary N) is 3. The SMILES string of the molecule is CC(C)C[C@H](NC(=O)[C@H](Cc1ccccc1)NC(=O)c1cnccn1)B(O)O.CC[C@H](C)[C@H](N)C1=N[C@H](C(=O)N[C@@H](CC(C)C)C(=O)N[C@H](CCC(=O)O)C(=O)N[C@H](C(=O)N[C@H]2CCCCNC(=O)[C@H](CC(N)=O)NC(=O)[C@@H](CC(=O)O)NC(=O)[C@H](Cc3cnc[nH]3)NC(=O)[C@@H](Cc3ccccc3)NC(=O)[C@H]([C@@H](C)CC)NC(=O)[C@@H](CCCN)NC2=O)[C@@H](C)CC)CS1. The summed E-state index contributed by atoms with van der Waals surface area (Å²) in [5.41, 5.74) is 19.6. The molecule has 0 unspecified atom stereocenters. The second-order valence-electron chi connectivity index (χ2n) is 32.9. The first-order chi connectivity index (χ1) is 60.7. The number of nitrogens with zero attached hydrogens (tertiary/aromatic N) is 4. The Morgan fingerprint density at radius 3 is 1.74 bits per heavy atom. The Labute approximate surface area is 748 Å². The molecule has 2 aromatic carbocycles. The van der Waals surface area contributed by atoms with Gasteiger partial charge < -0.3 is 112 Å². The molecule has 6 rings (SSSR count). The summed E-state index contributed by atoms with van der Waals surface area (Å²) in [7, 11) is -1.69. The van der Waals surface area contributed by atoms with Gasteiger partial charge in [-0.05, 0) is 98.6 Å². The minimum Gasteiger partial charge on any atom is -0.481 e. The van der Waals surface area contributed by atoms with Crippen molar-refractivity contribution in [2.24, 2.45) is 51.8 Å². The molecule has 0 bridgehead atoms. The topological polar surface area (TPSA) is 655 Å². The lowest BCUT2D eigenvalue weighted by molar-refractivity contribution is -0.142. The molecular weight excluding hydrogens is 1680 g/mol. The average molecular weight is 1810 g/mol. The molecule has 14 amide bonds. The fourth-order valence-corrected chi connectivity index (χ4v) is 14.8. The van der Waals surface area contributed by atoms with E-state index in [2.05, 4.69) is 94.0 Å². The first-order valence-electron chi connectivity index (χ1n) is 43.2. The van der Waals surface area contributed by atoms with Gasteiger partial charge in [-0.15, -0.1) is 11.8 Å². The number of amides is 14. The van der Waals surface area contributed by atoms with Crippen molar-refractivity contribution in [3.05, 3.63) is 114 Å². The number of aliphatic carboxylic acids is 2. The highest BCUT2D eigenvalue weighted by Gasteiger charge is 2.41. The molecule has 0 spiro atoms. The van der Waals surface area contributed by atoms with Crippen LogP contribution in [0.4, 0.5) is 0 Å². The number of carboxylic acids is 2. The van der Waals surface area contributed by atoms with E-state index in [0.29, 0.717) is 22.7 Å². The molecule has 1 fully saturated rings. The summed E-state index contributed by atoms with van der Waals surface area (Å²) in [6.45, 7) is 17.9. The van der Waals surface area contributed by atoms with Crippen molar-refractivity contribution in [2.75, 3.05) is 18.8 Å². The van der Waals surface area contributed by atoms with Gasteiger partial charge >= 0.3 is 19.1 Å². The fraction of sp³-hybridized carbons (Fsp3) is 0.576. The van der Waals surface area contributed by atoms with Crippen molar-refractivity contribution in [3.63, 3.8) is 0 Å². The molecule has 2 aromatic heterocycles. The molecule has 4 aromatic rings. The Kier molecular flexibility index (Phi) is 45.9. The highest BCUT2D eigenvalue weighted by molar-refractivity contribution is 8.14. The van der Waals surface area contributed by atoms with Gasteiger partial charge in [-0.3, -0.25) is 86.7 Å². The monoisotopic (exact) mass is 1810 g/mol. The number of carbonyl (C=O) groups is 16. The first-order valence-corrected chi connectivity index (χ1v) is 44.2. The van der Waals surface area contributed by atoms with Crippen LogP contribution >= 0.6 is 11.8 Å². The molecule has 43 heteroatoms. The van der Waals surface area contributed by atoms with Crippen molar-refractivity contribution >= 4 is 119 Å². The van der Waals surface area contributed by atoms with Crippen LogP contribution in [0.2, 0.25) is 0 Å². The average Bonchev–Trinajstić information content (AvgIpc) is 1.65. The van der Waals surface area contributed by atoms with Crippen LogP contribution in [0.5, 0.6) is 0 Å². The number of H-pyrrole nitrogens is 1. The van der Waals surface area contributed by atoms with Gasteiger partial charge in [-0.2, -0.15) is 0 Å². The molecule has 2 aliphatic heterocycles. The van der Waals surface area contributed by atoms with E-state index >= 15 is 0 Å². The van der Waals surface area contributed by atoms with E-state index in [1.165, 1.54) is 42.9 Å². The van der Waals surface area contributed by atoms with Gasteiger partial charge in [0.15, 0.2) is 0 Å². The maximum absolute atomic E-state index is 14.9. The predicted octanol–water partition coefficient (Wildman–Crippen LogP) is -1.32. The van der Waals surface area contributed by atoms with E-state index < -0.39 is 224 Å². The maximum atomic E-state index is 14.9.